The van der Waals surface area contributed by atoms with Crippen LogP contribution < -0.4 is 5.32 Å². The number of nitrogens with one attached hydrogen (secondary N) is 1. The molecule has 4 rings (SSSR count). The summed E-state index contributed by atoms with van der Waals surface area (Å²) in [7, 11) is 0. The van der Waals surface area contributed by atoms with Crippen molar-refractivity contribution in [1.29, 1.82) is 0 Å². The number of piperidine rings is 1. The van der Waals surface area contributed by atoms with Crippen molar-refractivity contribution in [2.24, 2.45) is 5.41 Å². The van der Waals surface area contributed by atoms with Crippen molar-refractivity contribution < 1.29 is 9.59 Å². The van der Waals surface area contributed by atoms with E-state index in [0.29, 0.717) is 11.1 Å². The van der Waals surface area contributed by atoms with Gasteiger partial charge in [-0.1, -0.05) is 12.1 Å². The Morgan fingerprint density at radius 1 is 1.00 bits per heavy atom. The van der Waals surface area contributed by atoms with E-state index in [-0.39, 0.29) is 23.3 Å². The fourth-order valence-electron chi connectivity index (χ4n) is 4.08. The molecule has 104 valence electrons. The van der Waals surface area contributed by atoms with E-state index in [1.165, 1.54) is 0 Å². The summed E-state index contributed by atoms with van der Waals surface area (Å²) in [5.41, 5.74) is 1.33. The second-order valence-corrected chi connectivity index (χ2v) is 6.19. The smallest absolute Gasteiger partial charge is 0.261 e. The van der Waals surface area contributed by atoms with Gasteiger partial charge in [-0.3, -0.25) is 14.5 Å². The zero-order chi connectivity index (χ0) is 13.7. The van der Waals surface area contributed by atoms with E-state index >= 15 is 0 Å². The Balaban J connectivity index is 1.68. The Morgan fingerprint density at radius 2 is 1.60 bits per heavy atom. The molecule has 1 N–H and O–H groups in total. The molecule has 2 amide bonds. The lowest BCUT2D eigenvalue weighted by molar-refractivity contribution is -0.0259. The van der Waals surface area contributed by atoms with Gasteiger partial charge in [0, 0.05) is 6.04 Å². The van der Waals surface area contributed by atoms with Crippen LogP contribution in [0.4, 0.5) is 0 Å². The molecule has 20 heavy (non-hydrogen) atoms. The fourth-order valence-corrected chi connectivity index (χ4v) is 4.08. The highest BCUT2D eigenvalue weighted by molar-refractivity contribution is 6.21. The molecule has 1 aromatic rings. The normalized spacial score (nSPS) is 27.6. The third kappa shape index (κ3) is 1.45. The molecule has 3 aliphatic rings. The number of carbonyl (C=O) groups excluding carboxylic acids is 2. The zero-order valence-electron chi connectivity index (χ0n) is 11.4. The molecule has 1 saturated heterocycles. The maximum atomic E-state index is 12.6. The van der Waals surface area contributed by atoms with Gasteiger partial charge in [-0.2, -0.15) is 0 Å². The Bertz CT molecular complexity index is 555. The maximum Gasteiger partial charge on any atom is 0.261 e. The monoisotopic (exact) mass is 270 g/mol. The van der Waals surface area contributed by atoms with Gasteiger partial charge in [0.25, 0.3) is 11.8 Å². The van der Waals surface area contributed by atoms with Crippen molar-refractivity contribution in [3.8, 4) is 0 Å². The number of amides is 2. The summed E-state index contributed by atoms with van der Waals surface area (Å²) in [5, 5.41) is 3.37. The molecule has 4 heteroatoms. The number of hydrogen-bond acceptors (Lipinski definition) is 3. The summed E-state index contributed by atoms with van der Waals surface area (Å²) in [6.07, 6.45) is 4.26. The van der Waals surface area contributed by atoms with Gasteiger partial charge in [-0.05, 0) is 56.3 Å². The summed E-state index contributed by atoms with van der Waals surface area (Å²) in [6.45, 7) is 2.00. The lowest BCUT2D eigenvalue weighted by Gasteiger charge is -2.54. The minimum Gasteiger partial charge on any atom is -0.317 e. The van der Waals surface area contributed by atoms with E-state index in [1.807, 2.05) is 12.1 Å². The highest BCUT2D eigenvalue weighted by Gasteiger charge is 2.54. The molecular weight excluding hydrogens is 252 g/mol. The van der Waals surface area contributed by atoms with Gasteiger partial charge < -0.3 is 5.32 Å². The predicted molar refractivity (Wildman–Crippen MR) is 74.5 cm³/mol. The Morgan fingerprint density at radius 3 is 2.10 bits per heavy atom. The summed E-state index contributed by atoms with van der Waals surface area (Å²) in [5.74, 6) is -0.179. The molecule has 4 nitrogen and oxygen atoms in total. The van der Waals surface area contributed by atoms with Crippen molar-refractivity contribution >= 4 is 11.8 Å². The SMILES string of the molecule is O=C1c2ccccc2C(=O)N1[C@H]1CCC12CCNCC2. The third-order valence-corrected chi connectivity index (χ3v) is 5.36. The van der Waals surface area contributed by atoms with Gasteiger partial charge in [-0.15, -0.1) is 0 Å². The Kier molecular flexibility index (Phi) is 2.51. The van der Waals surface area contributed by atoms with E-state index in [4.69, 9.17) is 0 Å². The predicted octanol–water partition coefficient (Wildman–Crippen LogP) is 1.81. The van der Waals surface area contributed by atoms with Crippen LogP contribution in [-0.2, 0) is 0 Å². The zero-order valence-corrected chi connectivity index (χ0v) is 11.4. The fraction of sp³-hybridized carbons (Fsp3) is 0.500. The average Bonchev–Trinajstić information content (AvgIpc) is 2.73. The molecular formula is C16H18N2O2. The largest absolute Gasteiger partial charge is 0.317 e. The number of benzene rings is 1. The first-order chi connectivity index (χ1) is 9.73. The van der Waals surface area contributed by atoms with Crippen LogP contribution in [0.25, 0.3) is 0 Å². The van der Waals surface area contributed by atoms with Crippen molar-refractivity contribution in [1.82, 2.24) is 10.2 Å². The van der Waals surface area contributed by atoms with Crippen LogP contribution >= 0.6 is 0 Å². The van der Waals surface area contributed by atoms with Crippen LogP contribution in [0, 0.1) is 5.41 Å². The molecule has 2 aliphatic heterocycles. The molecule has 1 aromatic carbocycles. The molecule has 1 saturated carbocycles. The van der Waals surface area contributed by atoms with Crippen LogP contribution in [-0.4, -0.2) is 35.8 Å². The summed E-state index contributed by atoms with van der Waals surface area (Å²) in [6, 6.07) is 7.30. The highest BCUT2D eigenvalue weighted by Crippen LogP contribution is 2.51. The first kappa shape index (κ1) is 12.1. The van der Waals surface area contributed by atoms with Crippen LogP contribution in [0.3, 0.4) is 0 Å². The second kappa shape index (κ2) is 4.16. The molecule has 0 bridgehead atoms. The van der Waals surface area contributed by atoms with E-state index in [0.717, 1.165) is 38.8 Å². The first-order valence-electron chi connectivity index (χ1n) is 7.41. The lowest BCUT2D eigenvalue weighted by Crippen LogP contribution is -2.60. The number of carbonyl (C=O) groups is 2. The summed E-state index contributed by atoms with van der Waals surface area (Å²) < 4.78 is 0. The minimum atomic E-state index is -0.0896. The van der Waals surface area contributed by atoms with Crippen LogP contribution in [0.5, 0.6) is 0 Å². The van der Waals surface area contributed by atoms with Gasteiger partial charge in [0.1, 0.15) is 0 Å². The van der Waals surface area contributed by atoms with Crippen molar-refractivity contribution in [2.45, 2.75) is 31.7 Å². The van der Waals surface area contributed by atoms with Crippen molar-refractivity contribution in [2.75, 3.05) is 13.1 Å². The number of rotatable bonds is 1. The number of fused-ring (bicyclic) bond motifs is 1. The average molecular weight is 270 g/mol. The van der Waals surface area contributed by atoms with E-state index < -0.39 is 0 Å². The van der Waals surface area contributed by atoms with Gasteiger partial charge >= 0.3 is 0 Å². The standard InChI is InChI=1S/C16H18N2O2/c19-14-11-3-1-2-4-12(11)15(20)18(14)13-5-6-16(13)7-9-17-10-8-16/h1-4,13,17H,5-10H2/t13-/m0/s1. The summed E-state index contributed by atoms with van der Waals surface area (Å²) >= 11 is 0. The van der Waals surface area contributed by atoms with E-state index in [2.05, 4.69) is 5.32 Å². The Hall–Kier alpha value is -1.68. The Labute approximate surface area is 118 Å². The quantitative estimate of drug-likeness (QED) is 0.792. The molecule has 0 radical (unpaired) electrons. The maximum absolute atomic E-state index is 12.6. The van der Waals surface area contributed by atoms with Gasteiger partial charge in [0.15, 0.2) is 0 Å². The number of imide groups is 1. The molecule has 1 aliphatic carbocycles. The van der Waals surface area contributed by atoms with Crippen LogP contribution in [0.2, 0.25) is 0 Å². The topological polar surface area (TPSA) is 49.4 Å². The van der Waals surface area contributed by atoms with E-state index in [9.17, 15) is 9.59 Å². The second-order valence-electron chi connectivity index (χ2n) is 6.19. The van der Waals surface area contributed by atoms with Crippen LogP contribution in [0.15, 0.2) is 24.3 Å². The molecule has 1 spiro atoms. The van der Waals surface area contributed by atoms with Crippen molar-refractivity contribution in [3.05, 3.63) is 35.4 Å². The molecule has 0 aromatic heterocycles. The van der Waals surface area contributed by atoms with Crippen LogP contribution in [0.1, 0.15) is 46.4 Å². The van der Waals surface area contributed by atoms with Gasteiger partial charge in [-0.25, -0.2) is 0 Å². The van der Waals surface area contributed by atoms with Gasteiger partial charge in [0.2, 0.25) is 0 Å². The highest BCUT2D eigenvalue weighted by atomic mass is 16.2. The van der Waals surface area contributed by atoms with Gasteiger partial charge in [0.05, 0.1) is 11.1 Å². The van der Waals surface area contributed by atoms with Crippen molar-refractivity contribution in [3.63, 3.8) is 0 Å². The number of nitrogens with zero attached hydrogens (tertiary/aromatic N) is 1. The van der Waals surface area contributed by atoms with E-state index in [1.54, 1.807) is 17.0 Å². The third-order valence-electron chi connectivity index (χ3n) is 5.36. The molecule has 0 unspecified atom stereocenters. The molecule has 2 heterocycles. The number of hydrogen-bond donors (Lipinski definition) is 1. The first-order valence-corrected chi connectivity index (χ1v) is 7.41. The molecule has 1 atom stereocenters. The summed E-state index contributed by atoms with van der Waals surface area (Å²) in [4.78, 5) is 26.7. The lowest BCUT2D eigenvalue weighted by atomic mass is 9.59. The minimum absolute atomic E-state index is 0.0896. The molecule has 2 fully saturated rings.